The lowest BCUT2D eigenvalue weighted by Gasteiger charge is -2.07. The van der Waals surface area contributed by atoms with E-state index in [1.807, 2.05) is 48.7 Å². The zero-order valence-electron chi connectivity index (χ0n) is 15.5. The average molecular weight is 389 g/mol. The molecule has 0 saturated heterocycles. The predicted molar refractivity (Wildman–Crippen MR) is 110 cm³/mol. The number of hydrogen-bond donors (Lipinski definition) is 0. The van der Waals surface area contributed by atoms with Gasteiger partial charge in [0.1, 0.15) is 12.0 Å². The van der Waals surface area contributed by atoms with Gasteiger partial charge < -0.3 is 4.57 Å². The summed E-state index contributed by atoms with van der Waals surface area (Å²) in [7, 11) is 0. The summed E-state index contributed by atoms with van der Waals surface area (Å²) in [5.41, 5.74) is 5.74. The third-order valence-corrected chi connectivity index (χ3v) is 5.44. The fourth-order valence-electron chi connectivity index (χ4n) is 3.53. The highest BCUT2D eigenvalue weighted by Crippen LogP contribution is 2.30. The van der Waals surface area contributed by atoms with Gasteiger partial charge in [-0.1, -0.05) is 29.8 Å². The molecule has 0 aliphatic rings. The molecule has 0 radical (unpaired) electrons. The van der Waals surface area contributed by atoms with E-state index in [0.717, 1.165) is 39.2 Å². The van der Waals surface area contributed by atoms with Gasteiger partial charge in [0.15, 0.2) is 11.5 Å². The number of nitrogens with zero attached hydrogens (tertiary/aromatic N) is 6. The van der Waals surface area contributed by atoms with Crippen molar-refractivity contribution in [1.82, 2.24) is 29.1 Å². The number of rotatable bonds is 3. The van der Waals surface area contributed by atoms with Crippen LogP contribution in [-0.2, 0) is 6.54 Å². The average Bonchev–Trinajstić information content (AvgIpc) is 3.24. The number of aryl methyl sites for hydroxylation is 1. The van der Waals surface area contributed by atoms with E-state index in [1.54, 1.807) is 10.8 Å². The summed E-state index contributed by atoms with van der Waals surface area (Å²) in [5, 5.41) is 6.22. The standard InChI is InChI=1S/C21H17ClN6/c1-13-14(2)27(11-15-7-5-6-10-23-15)20-18(13)21-25-19(26-28(21)12-24-20)16-8-3-4-9-17(16)22/h3-10,12H,11H2,1-2H3. The number of pyridine rings is 1. The molecule has 5 rings (SSSR count). The number of aromatic nitrogens is 6. The van der Waals surface area contributed by atoms with Gasteiger partial charge >= 0.3 is 0 Å². The van der Waals surface area contributed by atoms with Gasteiger partial charge in [-0.05, 0) is 43.7 Å². The normalized spacial score (nSPS) is 11.5. The molecule has 0 unspecified atom stereocenters. The molecule has 7 heteroatoms. The molecule has 5 aromatic rings. The lowest BCUT2D eigenvalue weighted by molar-refractivity contribution is 0.766. The molecule has 0 saturated carbocycles. The number of benzene rings is 1. The van der Waals surface area contributed by atoms with Gasteiger partial charge in [0.2, 0.25) is 0 Å². The summed E-state index contributed by atoms with van der Waals surface area (Å²) in [6.45, 7) is 4.85. The van der Waals surface area contributed by atoms with Crippen LogP contribution in [0.3, 0.4) is 0 Å². The van der Waals surface area contributed by atoms with Crippen molar-refractivity contribution in [3.8, 4) is 11.4 Å². The molecule has 4 aromatic heterocycles. The van der Waals surface area contributed by atoms with E-state index < -0.39 is 0 Å². The van der Waals surface area contributed by atoms with Crippen LogP contribution in [0.2, 0.25) is 5.02 Å². The molecule has 6 nitrogen and oxygen atoms in total. The first kappa shape index (κ1) is 16.9. The van der Waals surface area contributed by atoms with Crippen LogP contribution in [0.1, 0.15) is 17.0 Å². The Kier molecular flexibility index (Phi) is 3.87. The zero-order valence-corrected chi connectivity index (χ0v) is 16.2. The van der Waals surface area contributed by atoms with E-state index >= 15 is 0 Å². The smallest absolute Gasteiger partial charge is 0.183 e. The van der Waals surface area contributed by atoms with Crippen molar-refractivity contribution in [3.63, 3.8) is 0 Å². The second-order valence-corrected chi connectivity index (χ2v) is 7.15. The van der Waals surface area contributed by atoms with Gasteiger partial charge in [-0.3, -0.25) is 4.98 Å². The van der Waals surface area contributed by atoms with Crippen molar-refractivity contribution in [2.75, 3.05) is 0 Å². The fourth-order valence-corrected chi connectivity index (χ4v) is 3.75. The minimum absolute atomic E-state index is 0.592. The van der Waals surface area contributed by atoms with E-state index in [0.29, 0.717) is 17.4 Å². The van der Waals surface area contributed by atoms with Crippen molar-refractivity contribution in [3.05, 3.63) is 77.0 Å². The van der Waals surface area contributed by atoms with Crippen LogP contribution in [0.25, 0.3) is 28.1 Å². The van der Waals surface area contributed by atoms with Crippen molar-refractivity contribution >= 4 is 28.3 Å². The molecule has 28 heavy (non-hydrogen) atoms. The van der Waals surface area contributed by atoms with Gasteiger partial charge in [0.25, 0.3) is 0 Å². The fraction of sp³-hybridized carbons (Fsp3) is 0.143. The lowest BCUT2D eigenvalue weighted by Crippen LogP contribution is -2.04. The maximum atomic E-state index is 6.34. The molecule has 0 atom stereocenters. The molecule has 1 aromatic carbocycles. The molecule has 0 aliphatic heterocycles. The quantitative estimate of drug-likeness (QED) is 0.458. The predicted octanol–water partition coefficient (Wildman–Crippen LogP) is 4.46. The van der Waals surface area contributed by atoms with Gasteiger partial charge in [-0.15, -0.1) is 5.10 Å². The lowest BCUT2D eigenvalue weighted by atomic mass is 10.2. The van der Waals surface area contributed by atoms with Crippen LogP contribution in [0.5, 0.6) is 0 Å². The highest BCUT2D eigenvalue weighted by molar-refractivity contribution is 6.33. The minimum atomic E-state index is 0.592. The van der Waals surface area contributed by atoms with Crippen LogP contribution in [0.4, 0.5) is 0 Å². The molecule has 138 valence electrons. The molecule has 0 amide bonds. The third kappa shape index (κ3) is 2.57. The SMILES string of the molecule is Cc1c(C)n(Cc2ccccn2)c2ncn3nc(-c4ccccc4Cl)nc3c12. The van der Waals surface area contributed by atoms with Crippen molar-refractivity contribution in [2.24, 2.45) is 0 Å². The van der Waals surface area contributed by atoms with Gasteiger partial charge in [0.05, 0.1) is 22.6 Å². The monoisotopic (exact) mass is 388 g/mol. The maximum absolute atomic E-state index is 6.34. The van der Waals surface area contributed by atoms with Crippen molar-refractivity contribution in [1.29, 1.82) is 0 Å². The Hall–Kier alpha value is -3.25. The minimum Gasteiger partial charge on any atom is -0.323 e. The Morgan fingerprint density at radius 3 is 2.57 bits per heavy atom. The van der Waals surface area contributed by atoms with E-state index in [4.69, 9.17) is 16.6 Å². The summed E-state index contributed by atoms with van der Waals surface area (Å²) >= 11 is 6.34. The van der Waals surface area contributed by atoms with E-state index in [1.165, 1.54) is 0 Å². The molecule has 0 bridgehead atoms. The largest absolute Gasteiger partial charge is 0.323 e. The summed E-state index contributed by atoms with van der Waals surface area (Å²) in [4.78, 5) is 13.9. The Labute approximate surface area is 166 Å². The number of halogens is 1. The van der Waals surface area contributed by atoms with Crippen LogP contribution in [0.15, 0.2) is 55.0 Å². The Morgan fingerprint density at radius 1 is 0.964 bits per heavy atom. The van der Waals surface area contributed by atoms with E-state index in [9.17, 15) is 0 Å². The van der Waals surface area contributed by atoms with Crippen LogP contribution in [-0.4, -0.2) is 29.1 Å². The first-order valence-corrected chi connectivity index (χ1v) is 9.37. The molecule has 4 heterocycles. The third-order valence-electron chi connectivity index (χ3n) is 5.11. The Bertz CT molecular complexity index is 1320. The van der Waals surface area contributed by atoms with Gasteiger partial charge in [0, 0.05) is 17.5 Å². The molecular formula is C21H17ClN6. The second-order valence-electron chi connectivity index (χ2n) is 6.74. The highest BCUT2D eigenvalue weighted by atomic mass is 35.5. The van der Waals surface area contributed by atoms with Crippen molar-refractivity contribution < 1.29 is 0 Å². The van der Waals surface area contributed by atoms with E-state index in [2.05, 4.69) is 33.5 Å². The summed E-state index contributed by atoms with van der Waals surface area (Å²) in [6, 6.07) is 13.5. The second kappa shape index (κ2) is 6.42. The Balaban J connectivity index is 1.72. The van der Waals surface area contributed by atoms with Crippen LogP contribution in [0, 0.1) is 13.8 Å². The highest BCUT2D eigenvalue weighted by Gasteiger charge is 2.19. The van der Waals surface area contributed by atoms with Crippen LogP contribution >= 0.6 is 11.6 Å². The molecular weight excluding hydrogens is 372 g/mol. The van der Waals surface area contributed by atoms with Gasteiger partial charge in [-0.25, -0.2) is 14.5 Å². The zero-order chi connectivity index (χ0) is 19.3. The first-order valence-electron chi connectivity index (χ1n) is 8.99. The number of fused-ring (bicyclic) bond motifs is 3. The topological polar surface area (TPSA) is 60.9 Å². The number of hydrogen-bond acceptors (Lipinski definition) is 4. The summed E-state index contributed by atoms with van der Waals surface area (Å²) < 4.78 is 3.90. The van der Waals surface area contributed by atoms with Gasteiger partial charge in [-0.2, -0.15) is 0 Å². The van der Waals surface area contributed by atoms with Crippen LogP contribution < -0.4 is 0 Å². The van der Waals surface area contributed by atoms with Crippen molar-refractivity contribution in [2.45, 2.75) is 20.4 Å². The first-order chi connectivity index (χ1) is 13.6. The molecule has 0 spiro atoms. The molecule has 0 N–H and O–H groups in total. The molecule has 0 aliphatic carbocycles. The summed E-state index contributed by atoms with van der Waals surface area (Å²) in [6.07, 6.45) is 3.52. The Morgan fingerprint density at radius 2 is 1.79 bits per heavy atom. The molecule has 0 fully saturated rings. The van der Waals surface area contributed by atoms with E-state index in [-0.39, 0.29) is 0 Å². The summed E-state index contributed by atoms with van der Waals surface area (Å²) in [5.74, 6) is 0.592. The maximum Gasteiger partial charge on any atom is 0.183 e.